The fourth-order valence-electron chi connectivity index (χ4n) is 4.15. The minimum Gasteiger partial charge on any atom is -0.346 e. The highest BCUT2D eigenvalue weighted by atomic mass is 16.2. The highest BCUT2D eigenvalue weighted by molar-refractivity contribution is 5.89. The quantitative estimate of drug-likeness (QED) is 0.684. The topological polar surface area (TPSA) is 67.2 Å². The maximum Gasteiger partial charge on any atom is 0.226 e. The average Bonchev–Trinajstić information content (AvgIpc) is 3.27. The van der Waals surface area contributed by atoms with Crippen molar-refractivity contribution in [2.75, 3.05) is 6.54 Å². The van der Waals surface area contributed by atoms with Crippen LogP contribution in [-0.2, 0) is 23.2 Å². The number of fused-ring (bicyclic) bond motifs is 1. The molecule has 156 valence electrons. The lowest BCUT2D eigenvalue weighted by Gasteiger charge is -2.24. The number of carbonyl (C=O) groups excluding carboxylic acids is 2. The Labute approximate surface area is 176 Å². The largest absolute Gasteiger partial charge is 0.346 e. The van der Waals surface area contributed by atoms with Gasteiger partial charge in [0.05, 0.1) is 23.0 Å². The molecule has 0 saturated carbocycles. The fraction of sp³-hybridized carbons (Fsp3) is 0.375. The molecular weight excluding hydrogens is 376 g/mol. The highest BCUT2D eigenvalue weighted by Gasteiger charge is 2.36. The van der Waals surface area contributed by atoms with Crippen molar-refractivity contribution in [2.45, 2.75) is 32.9 Å². The summed E-state index contributed by atoms with van der Waals surface area (Å²) in [4.78, 5) is 32.1. The van der Waals surface area contributed by atoms with E-state index >= 15 is 0 Å². The molecule has 1 aromatic heterocycles. The van der Waals surface area contributed by atoms with Gasteiger partial charge >= 0.3 is 0 Å². The Morgan fingerprint density at radius 1 is 1.13 bits per heavy atom. The summed E-state index contributed by atoms with van der Waals surface area (Å²) in [5, 5.41) is 3.18. The van der Waals surface area contributed by atoms with Crippen molar-refractivity contribution in [3.63, 3.8) is 0 Å². The summed E-state index contributed by atoms with van der Waals surface area (Å²) < 4.78 is 2.04. The molecule has 6 nitrogen and oxygen atoms in total. The van der Waals surface area contributed by atoms with Gasteiger partial charge in [0.1, 0.15) is 5.82 Å². The highest BCUT2D eigenvalue weighted by Crippen LogP contribution is 2.27. The lowest BCUT2D eigenvalue weighted by molar-refractivity contribution is -0.129. The molecule has 4 rings (SSSR count). The summed E-state index contributed by atoms with van der Waals surface area (Å²) in [6, 6.07) is 17.6. The smallest absolute Gasteiger partial charge is 0.226 e. The number of para-hydroxylation sites is 2. The van der Waals surface area contributed by atoms with Crippen LogP contribution in [0.25, 0.3) is 11.0 Å². The van der Waals surface area contributed by atoms with Crippen LogP contribution in [0.15, 0.2) is 54.6 Å². The zero-order valence-electron chi connectivity index (χ0n) is 17.7. The van der Waals surface area contributed by atoms with Crippen molar-refractivity contribution in [3.05, 3.63) is 66.0 Å². The van der Waals surface area contributed by atoms with Crippen molar-refractivity contribution in [1.82, 2.24) is 19.8 Å². The Kier molecular flexibility index (Phi) is 5.57. The molecule has 1 aliphatic rings. The lowest BCUT2D eigenvalue weighted by atomic mass is 10.0. The molecule has 2 unspecified atom stereocenters. The summed E-state index contributed by atoms with van der Waals surface area (Å²) in [5.41, 5.74) is 3.03. The van der Waals surface area contributed by atoms with Gasteiger partial charge in [-0.05, 0) is 23.6 Å². The lowest BCUT2D eigenvalue weighted by Crippen LogP contribution is -2.38. The number of likely N-dealkylation sites (tertiary alicyclic amines) is 1. The molecule has 30 heavy (non-hydrogen) atoms. The number of aromatic nitrogens is 2. The minimum absolute atomic E-state index is 0.0304. The van der Waals surface area contributed by atoms with Crippen LogP contribution in [0.5, 0.6) is 0 Å². The molecule has 6 heteroatoms. The van der Waals surface area contributed by atoms with Gasteiger partial charge in [0, 0.05) is 26.6 Å². The second kappa shape index (κ2) is 8.30. The Hall–Kier alpha value is -3.15. The molecule has 0 radical (unpaired) electrons. The number of nitrogens with one attached hydrogen (secondary N) is 1. The van der Waals surface area contributed by atoms with Crippen LogP contribution in [0, 0.1) is 11.8 Å². The van der Waals surface area contributed by atoms with E-state index in [1.807, 2.05) is 66.2 Å². The molecule has 2 atom stereocenters. The van der Waals surface area contributed by atoms with E-state index in [9.17, 15) is 9.59 Å². The molecule has 0 bridgehead atoms. The molecule has 1 N–H and O–H groups in total. The Morgan fingerprint density at radius 2 is 1.83 bits per heavy atom. The maximum absolute atomic E-state index is 13.1. The number of imidazole rings is 1. The van der Waals surface area contributed by atoms with Crippen molar-refractivity contribution >= 4 is 22.8 Å². The van der Waals surface area contributed by atoms with Crippen LogP contribution in [0.4, 0.5) is 0 Å². The number of rotatable bonds is 6. The van der Waals surface area contributed by atoms with Crippen LogP contribution in [0.1, 0.15) is 37.7 Å². The Bertz CT molecular complexity index is 1060. The van der Waals surface area contributed by atoms with Gasteiger partial charge in [0.2, 0.25) is 11.8 Å². The average molecular weight is 405 g/mol. The van der Waals surface area contributed by atoms with E-state index in [1.165, 1.54) is 0 Å². The van der Waals surface area contributed by atoms with E-state index in [-0.39, 0.29) is 36.1 Å². The Balaban J connectivity index is 1.48. The second-order valence-corrected chi connectivity index (χ2v) is 8.41. The summed E-state index contributed by atoms with van der Waals surface area (Å²) >= 11 is 0. The van der Waals surface area contributed by atoms with E-state index in [0.29, 0.717) is 13.1 Å². The molecule has 2 aromatic carbocycles. The molecule has 1 fully saturated rings. The third-order valence-electron chi connectivity index (χ3n) is 5.87. The molecule has 1 aliphatic heterocycles. The SMILES string of the molecule is CC(C)C(NC(=O)C1CC(=O)N(Cc2ccccc2)C1)c1nc2ccccc2n1C. The van der Waals surface area contributed by atoms with Crippen LogP contribution >= 0.6 is 0 Å². The Morgan fingerprint density at radius 3 is 2.53 bits per heavy atom. The standard InChI is InChI=1S/C24H28N4O2/c1-16(2)22(23-25-19-11-7-8-12-20(19)27(23)3)26-24(30)18-13-21(29)28(15-18)14-17-9-5-4-6-10-17/h4-12,16,18,22H,13-15H2,1-3H3,(H,26,30). The van der Waals surface area contributed by atoms with Gasteiger partial charge in [0.15, 0.2) is 0 Å². The van der Waals surface area contributed by atoms with Gasteiger partial charge in [-0.3, -0.25) is 9.59 Å². The van der Waals surface area contributed by atoms with Gasteiger partial charge in [-0.1, -0.05) is 56.3 Å². The minimum atomic E-state index is -0.336. The van der Waals surface area contributed by atoms with E-state index in [2.05, 4.69) is 19.2 Å². The summed E-state index contributed by atoms with van der Waals surface area (Å²) in [7, 11) is 1.98. The van der Waals surface area contributed by atoms with Crippen LogP contribution in [0.2, 0.25) is 0 Å². The molecule has 0 aliphatic carbocycles. The van der Waals surface area contributed by atoms with Gasteiger partial charge < -0.3 is 14.8 Å². The van der Waals surface area contributed by atoms with Gasteiger partial charge in [-0.15, -0.1) is 0 Å². The number of carbonyl (C=O) groups is 2. The number of hydrogen-bond acceptors (Lipinski definition) is 3. The summed E-state index contributed by atoms with van der Waals surface area (Å²) in [5.74, 6) is 0.622. The predicted octanol–water partition coefficient (Wildman–Crippen LogP) is 3.44. The number of amides is 2. The van der Waals surface area contributed by atoms with E-state index < -0.39 is 0 Å². The number of aryl methyl sites for hydroxylation is 1. The van der Waals surface area contributed by atoms with Gasteiger partial charge in [-0.2, -0.15) is 0 Å². The normalized spacial score (nSPS) is 17.7. The predicted molar refractivity (Wildman–Crippen MR) is 116 cm³/mol. The first kappa shape index (κ1) is 20.1. The molecule has 2 heterocycles. The first-order chi connectivity index (χ1) is 14.4. The van der Waals surface area contributed by atoms with Gasteiger partial charge in [0.25, 0.3) is 0 Å². The van der Waals surface area contributed by atoms with E-state index in [1.54, 1.807) is 4.90 Å². The fourth-order valence-corrected chi connectivity index (χ4v) is 4.15. The van der Waals surface area contributed by atoms with Crippen LogP contribution < -0.4 is 5.32 Å². The molecule has 3 aromatic rings. The monoisotopic (exact) mass is 404 g/mol. The van der Waals surface area contributed by atoms with Gasteiger partial charge in [-0.25, -0.2) is 4.98 Å². The zero-order chi connectivity index (χ0) is 21.3. The van der Waals surface area contributed by atoms with E-state index in [4.69, 9.17) is 4.98 Å². The van der Waals surface area contributed by atoms with Crippen molar-refractivity contribution in [1.29, 1.82) is 0 Å². The first-order valence-corrected chi connectivity index (χ1v) is 10.5. The number of hydrogen-bond donors (Lipinski definition) is 1. The van der Waals surface area contributed by atoms with Crippen molar-refractivity contribution < 1.29 is 9.59 Å². The summed E-state index contributed by atoms with van der Waals surface area (Å²) in [6.45, 7) is 5.15. The summed E-state index contributed by atoms with van der Waals surface area (Å²) in [6.07, 6.45) is 0.256. The molecular formula is C24H28N4O2. The first-order valence-electron chi connectivity index (χ1n) is 10.5. The third kappa shape index (κ3) is 3.95. The maximum atomic E-state index is 13.1. The van der Waals surface area contributed by atoms with Crippen molar-refractivity contribution in [2.24, 2.45) is 18.9 Å². The van der Waals surface area contributed by atoms with Crippen LogP contribution in [-0.4, -0.2) is 32.8 Å². The number of nitrogens with zero attached hydrogens (tertiary/aromatic N) is 3. The van der Waals surface area contributed by atoms with Crippen molar-refractivity contribution in [3.8, 4) is 0 Å². The molecule has 2 amide bonds. The zero-order valence-corrected chi connectivity index (χ0v) is 17.7. The molecule has 0 spiro atoms. The number of benzene rings is 2. The third-order valence-corrected chi connectivity index (χ3v) is 5.87. The second-order valence-electron chi connectivity index (χ2n) is 8.41. The molecule has 1 saturated heterocycles. The van der Waals surface area contributed by atoms with Crippen LogP contribution in [0.3, 0.4) is 0 Å². The van der Waals surface area contributed by atoms with E-state index in [0.717, 1.165) is 22.4 Å².